The van der Waals surface area contributed by atoms with Crippen molar-refractivity contribution in [3.63, 3.8) is 0 Å². The van der Waals surface area contributed by atoms with E-state index in [2.05, 4.69) is 18.7 Å². The quantitative estimate of drug-likeness (QED) is 0.829. The second-order valence-electron chi connectivity index (χ2n) is 6.41. The molecule has 0 aromatic heterocycles. The van der Waals surface area contributed by atoms with Crippen LogP contribution in [0.1, 0.15) is 71.6 Å². The molecule has 2 rings (SSSR count). The van der Waals surface area contributed by atoms with Gasteiger partial charge in [0.15, 0.2) is 0 Å². The molecular formula is C16H32N2. The predicted octanol–water partition coefficient (Wildman–Crippen LogP) is 3.55. The Morgan fingerprint density at radius 1 is 1.06 bits per heavy atom. The van der Waals surface area contributed by atoms with Gasteiger partial charge in [-0.15, -0.1) is 0 Å². The van der Waals surface area contributed by atoms with Gasteiger partial charge in [0.25, 0.3) is 0 Å². The van der Waals surface area contributed by atoms with Crippen LogP contribution in [0.3, 0.4) is 0 Å². The highest BCUT2D eigenvalue weighted by atomic mass is 15.2. The van der Waals surface area contributed by atoms with E-state index in [-0.39, 0.29) is 0 Å². The van der Waals surface area contributed by atoms with Crippen molar-refractivity contribution >= 4 is 0 Å². The number of likely N-dealkylation sites (tertiary alicyclic amines) is 1. The molecule has 0 aromatic carbocycles. The molecule has 3 unspecified atom stereocenters. The zero-order chi connectivity index (χ0) is 13.0. The van der Waals surface area contributed by atoms with Gasteiger partial charge in [-0.25, -0.2) is 0 Å². The van der Waals surface area contributed by atoms with Crippen LogP contribution in [-0.2, 0) is 0 Å². The zero-order valence-electron chi connectivity index (χ0n) is 12.5. The molecule has 0 aromatic rings. The Labute approximate surface area is 113 Å². The smallest absolute Gasteiger partial charge is 0.0362 e. The second-order valence-corrected chi connectivity index (χ2v) is 6.41. The minimum atomic E-state index is 0.341. The maximum Gasteiger partial charge on any atom is 0.0362 e. The summed E-state index contributed by atoms with van der Waals surface area (Å²) in [6.45, 7) is 6.90. The van der Waals surface area contributed by atoms with Crippen molar-refractivity contribution in [2.24, 2.45) is 11.7 Å². The average molecular weight is 252 g/mol. The van der Waals surface area contributed by atoms with Crippen LogP contribution >= 0.6 is 0 Å². The van der Waals surface area contributed by atoms with E-state index in [1.807, 2.05) is 0 Å². The molecule has 18 heavy (non-hydrogen) atoms. The summed E-state index contributed by atoms with van der Waals surface area (Å²) < 4.78 is 0. The number of piperidine rings is 1. The Balaban J connectivity index is 2.22. The molecule has 1 saturated carbocycles. The van der Waals surface area contributed by atoms with Crippen molar-refractivity contribution in [2.75, 3.05) is 13.1 Å². The van der Waals surface area contributed by atoms with Crippen LogP contribution in [0.5, 0.6) is 0 Å². The fourth-order valence-electron chi connectivity index (χ4n) is 4.65. The molecular weight excluding hydrogens is 220 g/mol. The Hall–Kier alpha value is -0.0800. The van der Waals surface area contributed by atoms with Crippen LogP contribution in [0, 0.1) is 5.92 Å². The van der Waals surface area contributed by atoms with Crippen LogP contribution in [0.25, 0.3) is 0 Å². The molecule has 2 fully saturated rings. The topological polar surface area (TPSA) is 29.3 Å². The third-order valence-electron chi connectivity index (χ3n) is 5.69. The molecule has 1 aliphatic heterocycles. The lowest BCUT2D eigenvalue weighted by atomic mass is 9.69. The number of nitrogens with zero attached hydrogens (tertiary/aromatic N) is 1. The normalized spacial score (nSPS) is 38.8. The molecule has 0 radical (unpaired) electrons. The highest BCUT2D eigenvalue weighted by Gasteiger charge is 2.45. The molecule has 1 heterocycles. The number of nitrogens with two attached hydrogens (primary N) is 1. The summed E-state index contributed by atoms with van der Waals surface area (Å²) in [5.41, 5.74) is 6.65. The first kappa shape index (κ1) is 14.3. The van der Waals surface area contributed by atoms with Gasteiger partial charge >= 0.3 is 0 Å². The van der Waals surface area contributed by atoms with E-state index in [4.69, 9.17) is 5.73 Å². The fraction of sp³-hybridized carbons (Fsp3) is 1.00. The van der Waals surface area contributed by atoms with E-state index < -0.39 is 0 Å². The van der Waals surface area contributed by atoms with Gasteiger partial charge in [0.05, 0.1) is 0 Å². The molecule has 1 aliphatic carbocycles. The van der Waals surface area contributed by atoms with Crippen LogP contribution in [0.15, 0.2) is 0 Å². The van der Waals surface area contributed by atoms with Crippen molar-refractivity contribution in [3.8, 4) is 0 Å². The van der Waals surface area contributed by atoms with Crippen LogP contribution in [0.4, 0.5) is 0 Å². The van der Waals surface area contributed by atoms with E-state index in [1.54, 1.807) is 0 Å². The lowest BCUT2D eigenvalue weighted by molar-refractivity contribution is -0.0430. The summed E-state index contributed by atoms with van der Waals surface area (Å²) in [5, 5.41) is 0. The first-order valence-corrected chi connectivity index (χ1v) is 8.25. The van der Waals surface area contributed by atoms with Crippen molar-refractivity contribution in [1.29, 1.82) is 0 Å². The summed E-state index contributed by atoms with van der Waals surface area (Å²) in [4.78, 5) is 2.85. The molecule has 2 N–H and O–H groups in total. The van der Waals surface area contributed by atoms with Gasteiger partial charge in [0.2, 0.25) is 0 Å². The van der Waals surface area contributed by atoms with Gasteiger partial charge in [0, 0.05) is 18.1 Å². The summed E-state index contributed by atoms with van der Waals surface area (Å²) in [5.74, 6) is 0.836. The maximum absolute atomic E-state index is 6.31. The minimum absolute atomic E-state index is 0.341. The predicted molar refractivity (Wildman–Crippen MR) is 78.7 cm³/mol. The molecule has 0 spiro atoms. The van der Waals surface area contributed by atoms with Crippen molar-refractivity contribution in [2.45, 2.75) is 83.2 Å². The van der Waals surface area contributed by atoms with Gasteiger partial charge in [-0.05, 0) is 44.6 Å². The van der Waals surface area contributed by atoms with Gasteiger partial charge in [0.1, 0.15) is 0 Å². The van der Waals surface area contributed by atoms with E-state index in [1.165, 1.54) is 64.3 Å². The van der Waals surface area contributed by atoms with Crippen molar-refractivity contribution < 1.29 is 0 Å². The highest BCUT2D eigenvalue weighted by Crippen LogP contribution is 2.43. The summed E-state index contributed by atoms with van der Waals surface area (Å²) in [7, 11) is 0. The Bertz CT molecular complexity index is 253. The fourth-order valence-corrected chi connectivity index (χ4v) is 4.65. The molecule has 2 nitrogen and oxygen atoms in total. The van der Waals surface area contributed by atoms with Gasteiger partial charge in [-0.1, -0.05) is 39.5 Å². The summed E-state index contributed by atoms with van der Waals surface area (Å²) in [6, 6.07) is 0.800. The van der Waals surface area contributed by atoms with Gasteiger partial charge in [-0.2, -0.15) is 0 Å². The molecule has 2 aliphatic rings. The molecule has 0 bridgehead atoms. The van der Waals surface area contributed by atoms with E-state index in [9.17, 15) is 0 Å². The number of rotatable bonds is 4. The molecule has 2 heteroatoms. The molecule has 3 atom stereocenters. The van der Waals surface area contributed by atoms with E-state index in [0.29, 0.717) is 5.54 Å². The van der Waals surface area contributed by atoms with E-state index >= 15 is 0 Å². The first-order chi connectivity index (χ1) is 8.78. The Morgan fingerprint density at radius 3 is 2.50 bits per heavy atom. The van der Waals surface area contributed by atoms with Gasteiger partial charge < -0.3 is 5.73 Å². The number of hydrogen-bond acceptors (Lipinski definition) is 2. The molecule has 0 amide bonds. The third-order valence-corrected chi connectivity index (χ3v) is 5.69. The summed E-state index contributed by atoms with van der Waals surface area (Å²) in [6.07, 6.45) is 12.4. The maximum atomic E-state index is 6.31. The van der Waals surface area contributed by atoms with Crippen molar-refractivity contribution in [1.82, 2.24) is 4.90 Å². The third kappa shape index (κ3) is 2.46. The lowest BCUT2D eigenvalue weighted by Crippen LogP contribution is -2.63. The SMILES string of the molecule is CCC1CCCCN1C1(CN)CCCCC1CC. The monoisotopic (exact) mass is 252 g/mol. The van der Waals surface area contributed by atoms with E-state index in [0.717, 1.165) is 18.5 Å². The standard InChI is InChI=1S/C16H32N2/c1-3-14-9-5-7-11-16(14,13-17)18-12-8-6-10-15(18)4-2/h14-15H,3-13,17H2,1-2H3. The van der Waals surface area contributed by atoms with Crippen LogP contribution < -0.4 is 5.73 Å². The van der Waals surface area contributed by atoms with Crippen LogP contribution in [-0.4, -0.2) is 29.6 Å². The summed E-state index contributed by atoms with van der Waals surface area (Å²) >= 11 is 0. The highest BCUT2D eigenvalue weighted by molar-refractivity contribution is 5.02. The zero-order valence-corrected chi connectivity index (χ0v) is 12.5. The largest absolute Gasteiger partial charge is 0.329 e. The Morgan fingerprint density at radius 2 is 1.83 bits per heavy atom. The number of hydrogen-bond donors (Lipinski definition) is 1. The van der Waals surface area contributed by atoms with Gasteiger partial charge in [-0.3, -0.25) is 4.90 Å². The average Bonchev–Trinajstić information content (AvgIpc) is 2.46. The molecule has 106 valence electrons. The first-order valence-electron chi connectivity index (χ1n) is 8.25. The lowest BCUT2D eigenvalue weighted by Gasteiger charge is -2.55. The minimum Gasteiger partial charge on any atom is -0.329 e. The van der Waals surface area contributed by atoms with Crippen molar-refractivity contribution in [3.05, 3.63) is 0 Å². The Kier molecular flexibility index (Phi) is 5.08. The second kappa shape index (κ2) is 6.38. The van der Waals surface area contributed by atoms with Crippen LogP contribution in [0.2, 0.25) is 0 Å². The molecule has 1 saturated heterocycles.